The van der Waals surface area contributed by atoms with Crippen molar-refractivity contribution in [3.05, 3.63) is 84.2 Å². The molecule has 2 aromatic carbocycles. The van der Waals surface area contributed by atoms with E-state index < -0.39 is 0 Å². The molecule has 0 saturated carbocycles. The third-order valence-electron chi connectivity index (χ3n) is 5.81. The Bertz CT molecular complexity index is 1250. The van der Waals surface area contributed by atoms with E-state index in [1.165, 1.54) is 0 Å². The van der Waals surface area contributed by atoms with Crippen LogP contribution in [0.1, 0.15) is 11.1 Å². The summed E-state index contributed by atoms with van der Waals surface area (Å²) in [6.45, 7) is -0.0989. The SMILES string of the molecule is CN(C)c1c[c-]c(-c2cc(CO)ccn2)c(CO)c1.COc1ccnc(-c2[c-]cc(N(C)C)cc2OC)c1.[Pt+2]. The van der Waals surface area contributed by atoms with Crippen LogP contribution in [-0.4, -0.2) is 62.6 Å². The van der Waals surface area contributed by atoms with E-state index in [0.717, 1.165) is 50.8 Å². The number of hydrogen-bond donors (Lipinski definition) is 2. The number of benzene rings is 2. The van der Waals surface area contributed by atoms with Crippen LogP contribution >= 0.6 is 0 Å². The standard InChI is InChI=1S/2C15H17N2O2.Pt/c1-17(2)11-5-6-13(15(9-11)19-4)14-10-12(18-3)7-8-16-14;1-17(2)13-3-4-14(12(8-13)10-19)15-7-11(9-18)5-6-16-15;/h5,7-10H,1-4H3;3,5-8,18-19H,9-10H2,1-2H3;/q2*-1;+2. The van der Waals surface area contributed by atoms with Crippen LogP contribution in [0.2, 0.25) is 0 Å². The van der Waals surface area contributed by atoms with Gasteiger partial charge in [-0.2, -0.15) is 0 Å². The minimum Gasteiger partial charge on any atom is -0.540 e. The topological polar surface area (TPSA) is 91.2 Å². The minimum absolute atomic E-state index is 0. The molecule has 0 fully saturated rings. The van der Waals surface area contributed by atoms with Crippen molar-refractivity contribution in [2.24, 2.45) is 0 Å². The molecule has 0 spiro atoms. The average Bonchev–Trinajstić information content (AvgIpc) is 2.96. The second-order valence-corrected chi connectivity index (χ2v) is 8.79. The van der Waals surface area contributed by atoms with Crippen molar-refractivity contribution in [1.82, 2.24) is 9.97 Å². The fraction of sp³-hybridized carbons (Fsp3) is 0.267. The molecule has 208 valence electrons. The first-order valence-corrected chi connectivity index (χ1v) is 12.0. The molecule has 9 heteroatoms. The van der Waals surface area contributed by atoms with Crippen molar-refractivity contribution >= 4 is 11.4 Å². The second-order valence-electron chi connectivity index (χ2n) is 8.79. The fourth-order valence-corrected chi connectivity index (χ4v) is 3.62. The van der Waals surface area contributed by atoms with Crippen LogP contribution in [0.4, 0.5) is 11.4 Å². The van der Waals surface area contributed by atoms with Gasteiger partial charge in [-0.25, -0.2) is 0 Å². The van der Waals surface area contributed by atoms with E-state index in [-0.39, 0.29) is 34.3 Å². The summed E-state index contributed by atoms with van der Waals surface area (Å²) in [6.07, 6.45) is 3.36. The van der Waals surface area contributed by atoms with Gasteiger partial charge in [0.25, 0.3) is 0 Å². The van der Waals surface area contributed by atoms with Crippen LogP contribution in [0.5, 0.6) is 11.5 Å². The molecule has 8 nitrogen and oxygen atoms in total. The van der Waals surface area contributed by atoms with E-state index in [2.05, 4.69) is 22.1 Å². The molecule has 0 aliphatic heterocycles. The Morgan fingerprint density at radius 2 is 1.33 bits per heavy atom. The van der Waals surface area contributed by atoms with Crippen LogP contribution in [0.3, 0.4) is 0 Å². The zero-order valence-corrected chi connectivity index (χ0v) is 25.3. The van der Waals surface area contributed by atoms with Crippen molar-refractivity contribution < 1.29 is 40.8 Å². The normalized spacial score (nSPS) is 10.1. The molecule has 0 atom stereocenters. The number of aromatic nitrogens is 2. The molecule has 39 heavy (non-hydrogen) atoms. The fourth-order valence-electron chi connectivity index (χ4n) is 3.62. The van der Waals surface area contributed by atoms with Crippen molar-refractivity contribution in [1.29, 1.82) is 0 Å². The van der Waals surface area contributed by atoms with E-state index >= 15 is 0 Å². The summed E-state index contributed by atoms with van der Waals surface area (Å²) >= 11 is 0. The Balaban J connectivity index is 0.000000267. The van der Waals surface area contributed by atoms with Gasteiger partial charge in [0, 0.05) is 24.8 Å². The summed E-state index contributed by atoms with van der Waals surface area (Å²) in [5.74, 6) is 1.50. The Morgan fingerprint density at radius 1 is 0.744 bits per heavy atom. The van der Waals surface area contributed by atoms with Gasteiger partial charge in [-0.1, -0.05) is 17.7 Å². The van der Waals surface area contributed by atoms with Gasteiger partial charge >= 0.3 is 21.1 Å². The zero-order chi connectivity index (χ0) is 27.7. The second kappa shape index (κ2) is 15.2. The van der Waals surface area contributed by atoms with Gasteiger partial charge in [-0.05, 0) is 74.7 Å². The molecule has 0 saturated heterocycles. The summed E-state index contributed by atoms with van der Waals surface area (Å²) in [4.78, 5) is 12.6. The van der Waals surface area contributed by atoms with Gasteiger partial charge in [-0.3, -0.25) is 0 Å². The molecule has 0 bridgehead atoms. The number of methoxy groups -OCH3 is 2. The van der Waals surface area contributed by atoms with Crippen LogP contribution in [-0.2, 0) is 34.3 Å². The minimum atomic E-state index is -0.0709. The molecule has 2 N–H and O–H groups in total. The van der Waals surface area contributed by atoms with Gasteiger partial charge in [0.05, 0.1) is 20.8 Å². The van der Waals surface area contributed by atoms with Crippen LogP contribution in [0.15, 0.2) is 60.9 Å². The van der Waals surface area contributed by atoms with Gasteiger partial charge < -0.3 is 39.5 Å². The quantitative estimate of drug-likeness (QED) is 0.263. The van der Waals surface area contributed by atoms with Gasteiger partial charge in [-0.15, -0.1) is 41.5 Å². The number of pyridine rings is 2. The van der Waals surface area contributed by atoms with E-state index in [0.29, 0.717) is 5.69 Å². The van der Waals surface area contributed by atoms with Crippen LogP contribution < -0.4 is 19.3 Å². The Labute approximate surface area is 245 Å². The summed E-state index contributed by atoms with van der Waals surface area (Å²) < 4.78 is 10.6. The van der Waals surface area contributed by atoms with Crippen molar-refractivity contribution in [2.75, 3.05) is 52.2 Å². The molecule has 0 unspecified atom stereocenters. The maximum Gasteiger partial charge on any atom is 2.00 e. The Kier molecular flexibility index (Phi) is 12.4. The van der Waals surface area contributed by atoms with Gasteiger partial charge in [0.2, 0.25) is 0 Å². The van der Waals surface area contributed by atoms with E-state index in [9.17, 15) is 5.11 Å². The monoisotopic (exact) mass is 709 g/mol. The molecule has 0 aliphatic carbocycles. The maximum absolute atomic E-state index is 9.50. The molecule has 0 aliphatic rings. The molecular weight excluding hydrogens is 675 g/mol. The van der Waals surface area contributed by atoms with E-state index in [1.807, 2.05) is 74.4 Å². The molecule has 4 rings (SSSR count). The van der Waals surface area contributed by atoms with Crippen LogP contribution in [0.25, 0.3) is 22.5 Å². The van der Waals surface area contributed by atoms with E-state index in [1.54, 1.807) is 38.7 Å². The van der Waals surface area contributed by atoms with Crippen molar-refractivity contribution in [3.63, 3.8) is 0 Å². The maximum atomic E-state index is 9.50. The molecular formula is C30H34N4O4Pt. The van der Waals surface area contributed by atoms with Crippen molar-refractivity contribution in [2.45, 2.75) is 13.2 Å². The molecule has 2 aromatic heterocycles. The predicted molar refractivity (Wildman–Crippen MR) is 151 cm³/mol. The number of anilines is 2. The van der Waals surface area contributed by atoms with E-state index in [4.69, 9.17) is 14.6 Å². The van der Waals surface area contributed by atoms with Crippen molar-refractivity contribution in [3.8, 4) is 34.0 Å². The average molecular weight is 710 g/mol. The Morgan fingerprint density at radius 3 is 1.90 bits per heavy atom. The first-order chi connectivity index (χ1) is 18.3. The number of nitrogens with zero attached hydrogens (tertiary/aromatic N) is 4. The third kappa shape index (κ3) is 8.26. The first kappa shape index (κ1) is 31.8. The molecule has 2 heterocycles. The largest absolute Gasteiger partial charge is 2.00 e. The Hall–Kier alpha value is -3.45. The number of hydrogen-bond acceptors (Lipinski definition) is 8. The summed E-state index contributed by atoms with van der Waals surface area (Å²) in [5, 5.41) is 18.7. The summed E-state index contributed by atoms with van der Waals surface area (Å²) in [6, 6.07) is 21.3. The number of ether oxygens (including phenoxy) is 2. The molecule has 0 radical (unpaired) electrons. The predicted octanol–water partition coefficient (Wildman–Crippen LogP) is 4.23. The third-order valence-corrected chi connectivity index (χ3v) is 5.81. The molecule has 4 aromatic rings. The number of aliphatic hydroxyl groups is 2. The first-order valence-electron chi connectivity index (χ1n) is 12.0. The van der Waals surface area contributed by atoms with Crippen LogP contribution in [0, 0.1) is 12.1 Å². The molecule has 0 amide bonds. The van der Waals surface area contributed by atoms with Gasteiger partial charge in [0.15, 0.2) is 0 Å². The summed E-state index contributed by atoms with van der Waals surface area (Å²) in [5.41, 5.74) is 6.65. The van der Waals surface area contributed by atoms with Gasteiger partial charge in [0.1, 0.15) is 5.75 Å². The number of rotatable bonds is 8. The number of aliphatic hydroxyl groups excluding tert-OH is 2. The zero-order valence-electron chi connectivity index (χ0n) is 23.0. The summed E-state index contributed by atoms with van der Waals surface area (Å²) in [7, 11) is 11.1. The smallest absolute Gasteiger partial charge is 0.540 e.